The number of hydrogen-bond donors (Lipinski definition) is 1. The molecule has 0 radical (unpaired) electrons. The Labute approximate surface area is 215 Å². The summed E-state index contributed by atoms with van der Waals surface area (Å²) >= 11 is 0. The summed E-state index contributed by atoms with van der Waals surface area (Å²) in [4.78, 5) is 21.0. The van der Waals surface area contributed by atoms with E-state index < -0.39 is 0 Å². The Hall–Kier alpha value is -2.77. The average Bonchev–Trinajstić information content (AvgIpc) is 3.22. The number of carbonyl (C=O) groups excluding carboxylic acids is 1. The molecule has 2 aromatic rings. The van der Waals surface area contributed by atoms with Crippen LogP contribution in [0.2, 0.25) is 0 Å². The molecule has 3 aliphatic rings. The first-order chi connectivity index (χ1) is 17.6. The van der Waals surface area contributed by atoms with Crippen LogP contribution in [0.1, 0.15) is 59.6 Å². The maximum absolute atomic E-state index is 13.8. The highest BCUT2D eigenvalue weighted by atomic mass is 16.5. The summed E-state index contributed by atoms with van der Waals surface area (Å²) in [5, 5.41) is 3.25. The number of methoxy groups -OCH3 is 2. The van der Waals surface area contributed by atoms with Gasteiger partial charge in [0.2, 0.25) is 0 Å². The van der Waals surface area contributed by atoms with Crippen LogP contribution < -0.4 is 19.7 Å². The van der Waals surface area contributed by atoms with Crippen LogP contribution in [-0.2, 0) is 6.54 Å². The van der Waals surface area contributed by atoms with E-state index in [0.717, 1.165) is 62.7 Å². The highest BCUT2D eigenvalue weighted by Crippen LogP contribution is 2.40. The van der Waals surface area contributed by atoms with Crippen molar-refractivity contribution in [2.24, 2.45) is 0 Å². The van der Waals surface area contributed by atoms with Gasteiger partial charge in [-0.1, -0.05) is 18.6 Å². The lowest BCUT2D eigenvalue weighted by Gasteiger charge is -2.44. The Morgan fingerprint density at radius 3 is 2.47 bits per heavy atom. The molecule has 0 aromatic heterocycles. The predicted octanol–water partition coefficient (Wildman–Crippen LogP) is 4.08. The monoisotopic (exact) mass is 492 g/mol. The third-order valence-electron chi connectivity index (χ3n) is 8.29. The molecule has 2 fully saturated rings. The van der Waals surface area contributed by atoms with Gasteiger partial charge in [-0.25, -0.2) is 0 Å². The quantitative estimate of drug-likeness (QED) is 0.505. The van der Waals surface area contributed by atoms with Crippen LogP contribution in [-0.4, -0.2) is 75.7 Å². The van der Waals surface area contributed by atoms with Crippen molar-refractivity contribution in [1.82, 2.24) is 15.1 Å². The van der Waals surface area contributed by atoms with Crippen LogP contribution >= 0.6 is 0 Å². The van der Waals surface area contributed by atoms with Crippen molar-refractivity contribution < 1.29 is 14.3 Å². The van der Waals surface area contributed by atoms with Crippen molar-refractivity contribution in [3.63, 3.8) is 0 Å². The molecule has 0 bridgehead atoms. The number of benzene rings is 2. The number of hydrogen-bond acceptors (Lipinski definition) is 6. The van der Waals surface area contributed by atoms with E-state index in [-0.39, 0.29) is 11.9 Å². The molecule has 0 unspecified atom stereocenters. The molecule has 1 amide bonds. The van der Waals surface area contributed by atoms with Gasteiger partial charge >= 0.3 is 0 Å². The summed E-state index contributed by atoms with van der Waals surface area (Å²) in [6, 6.07) is 13.1. The number of amides is 1. The Kier molecular flexibility index (Phi) is 7.67. The van der Waals surface area contributed by atoms with E-state index in [1.165, 1.54) is 30.5 Å². The Morgan fingerprint density at radius 2 is 1.81 bits per heavy atom. The molecule has 36 heavy (non-hydrogen) atoms. The molecule has 7 heteroatoms. The van der Waals surface area contributed by atoms with Gasteiger partial charge in [0.1, 0.15) is 0 Å². The van der Waals surface area contributed by atoms with Gasteiger partial charge in [-0.3, -0.25) is 9.69 Å². The van der Waals surface area contributed by atoms with Crippen LogP contribution in [0.25, 0.3) is 0 Å². The Bertz CT molecular complexity index is 1060. The first-order valence-corrected chi connectivity index (χ1v) is 13.4. The smallest absolute Gasteiger partial charge is 0.255 e. The number of nitrogens with one attached hydrogen (secondary N) is 1. The minimum absolute atomic E-state index is 0.0265. The molecule has 7 nitrogen and oxygen atoms in total. The highest BCUT2D eigenvalue weighted by Gasteiger charge is 2.36. The molecule has 1 saturated carbocycles. The molecule has 1 atom stereocenters. The van der Waals surface area contributed by atoms with Crippen LogP contribution in [0, 0.1) is 0 Å². The summed E-state index contributed by atoms with van der Waals surface area (Å²) < 4.78 is 11.0. The van der Waals surface area contributed by atoms with E-state index in [2.05, 4.69) is 38.2 Å². The second-order valence-electron chi connectivity index (χ2n) is 10.2. The molecule has 2 heterocycles. The summed E-state index contributed by atoms with van der Waals surface area (Å²) in [7, 11) is 5.28. The fourth-order valence-electron chi connectivity index (χ4n) is 6.00. The molecule has 1 aliphatic carbocycles. The van der Waals surface area contributed by atoms with Gasteiger partial charge in [0, 0.05) is 55.6 Å². The number of piperazine rings is 1. The zero-order chi connectivity index (χ0) is 25.1. The van der Waals surface area contributed by atoms with Gasteiger partial charge < -0.3 is 24.6 Å². The zero-order valence-corrected chi connectivity index (χ0v) is 22.0. The van der Waals surface area contributed by atoms with Crippen LogP contribution in [0.4, 0.5) is 5.69 Å². The largest absolute Gasteiger partial charge is 0.493 e. The lowest BCUT2D eigenvalue weighted by molar-refractivity contribution is 0.0689. The maximum Gasteiger partial charge on any atom is 0.255 e. The van der Waals surface area contributed by atoms with E-state index in [1.54, 1.807) is 14.2 Å². The van der Waals surface area contributed by atoms with Crippen molar-refractivity contribution in [1.29, 1.82) is 0 Å². The topological polar surface area (TPSA) is 57.3 Å². The van der Waals surface area contributed by atoms with Crippen LogP contribution in [0.15, 0.2) is 36.4 Å². The van der Waals surface area contributed by atoms with E-state index in [1.807, 2.05) is 25.2 Å². The summed E-state index contributed by atoms with van der Waals surface area (Å²) in [6.45, 7) is 5.85. The van der Waals surface area contributed by atoms with Gasteiger partial charge in [-0.2, -0.15) is 0 Å². The van der Waals surface area contributed by atoms with Crippen molar-refractivity contribution in [2.75, 3.05) is 58.9 Å². The van der Waals surface area contributed by atoms with E-state index >= 15 is 0 Å². The van der Waals surface area contributed by atoms with Gasteiger partial charge in [-0.05, 0) is 69.1 Å². The molecule has 1 N–H and O–H groups in total. The fourth-order valence-corrected chi connectivity index (χ4v) is 6.00. The summed E-state index contributed by atoms with van der Waals surface area (Å²) in [5.74, 6) is 1.53. The molecule has 1 saturated heterocycles. The summed E-state index contributed by atoms with van der Waals surface area (Å²) in [5.41, 5.74) is 4.35. The van der Waals surface area contributed by atoms with Gasteiger partial charge in [0.05, 0.1) is 20.3 Å². The summed E-state index contributed by atoms with van der Waals surface area (Å²) in [6.07, 6.45) is 5.95. The molecular formula is C29H40N4O3. The molecule has 2 aliphatic heterocycles. The Morgan fingerprint density at radius 1 is 1.03 bits per heavy atom. The molecule has 194 valence electrons. The molecule has 5 rings (SSSR count). The standard InChI is InChI=1S/C29H40N4O3/c1-30-14-6-11-25(21-12-13-27(35-2)28(19-21)36-3)33-20-24-23(29(33)34)9-5-10-26(24)32-17-15-31(16-18-32)22-7-4-8-22/h5,9-10,12-13,19,22,25,30H,4,6-8,11,14-18,20H2,1-3H3/t25-/m1/s1. The molecule has 2 aromatic carbocycles. The normalized spacial score (nSPS) is 19.2. The average molecular weight is 493 g/mol. The lowest BCUT2D eigenvalue weighted by atomic mass is 9.91. The van der Waals surface area contributed by atoms with Crippen molar-refractivity contribution in [3.8, 4) is 11.5 Å². The number of ether oxygens (including phenoxy) is 2. The van der Waals surface area contributed by atoms with Gasteiger partial charge in [0.25, 0.3) is 5.91 Å². The third-order valence-corrected chi connectivity index (χ3v) is 8.29. The number of anilines is 1. The predicted molar refractivity (Wildman–Crippen MR) is 143 cm³/mol. The Balaban J connectivity index is 1.39. The maximum atomic E-state index is 13.8. The lowest BCUT2D eigenvalue weighted by Crippen LogP contribution is -2.52. The van der Waals surface area contributed by atoms with E-state index in [9.17, 15) is 4.79 Å². The van der Waals surface area contributed by atoms with E-state index in [0.29, 0.717) is 18.0 Å². The second-order valence-corrected chi connectivity index (χ2v) is 10.2. The van der Waals surface area contributed by atoms with Gasteiger partial charge in [0.15, 0.2) is 11.5 Å². The zero-order valence-electron chi connectivity index (χ0n) is 22.0. The molecule has 0 spiro atoms. The van der Waals surface area contributed by atoms with E-state index in [4.69, 9.17) is 9.47 Å². The highest BCUT2D eigenvalue weighted by molar-refractivity contribution is 6.00. The number of rotatable bonds is 10. The minimum atomic E-state index is -0.0265. The molecular weight excluding hydrogens is 452 g/mol. The first kappa shape index (κ1) is 24.9. The second kappa shape index (κ2) is 11.1. The number of carbonyl (C=O) groups is 1. The van der Waals surface area contributed by atoms with Gasteiger partial charge in [-0.15, -0.1) is 0 Å². The minimum Gasteiger partial charge on any atom is -0.493 e. The fraction of sp³-hybridized carbons (Fsp3) is 0.552. The van der Waals surface area contributed by atoms with Crippen LogP contribution in [0.3, 0.4) is 0 Å². The van der Waals surface area contributed by atoms with Crippen LogP contribution in [0.5, 0.6) is 11.5 Å². The number of nitrogens with zero attached hydrogens (tertiary/aromatic N) is 3. The first-order valence-electron chi connectivity index (χ1n) is 13.4. The van der Waals surface area contributed by atoms with Crippen molar-refractivity contribution in [3.05, 3.63) is 53.1 Å². The van der Waals surface area contributed by atoms with Crippen molar-refractivity contribution >= 4 is 11.6 Å². The SMILES string of the molecule is CNCCC[C@H](c1ccc(OC)c(OC)c1)N1Cc2c(cccc2N2CCN(C3CCC3)CC2)C1=O. The third kappa shape index (κ3) is 4.78. The number of fused-ring (bicyclic) bond motifs is 1. The van der Waals surface area contributed by atoms with Crippen molar-refractivity contribution in [2.45, 2.75) is 50.7 Å².